The van der Waals surface area contributed by atoms with Gasteiger partial charge in [-0.25, -0.2) is 4.98 Å². The number of anilines is 2. The predicted molar refractivity (Wildman–Crippen MR) is 103 cm³/mol. The van der Waals surface area contributed by atoms with E-state index in [0.29, 0.717) is 11.5 Å². The van der Waals surface area contributed by atoms with E-state index in [1.54, 1.807) is 18.3 Å². The molecule has 3 rings (SSSR count). The Morgan fingerprint density at radius 1 is 0.846 bits per heavy atom. The molecule has 0 aliphatic heterocycles. The van der Waals surface area contributed by atoms with Crippen LogP contribution in [0.15, 0.2) is 82.7 Å². The number of nitrogens with zero attached hydrogens (tertiary/aromatic N) is 1. The Bertz CT molecular complexity index is 912. The number of aryl methyl sites for hydroxylation is 1. The number of carbonyl (C=O) groups excluding carboxylic acids is 2. The highest BCUT2D eigenvalue weighted by atomic mass is 32.2. The van der Waals surface area contributed by atoms with Gasteiger partial charge in [-0.3, -0.25) is 9.59 Å². The minimum absolute atomic E-state index is 0.336. The second-order valence-corrected chi connectivity index (χ2v) is 6.66. The Hall–Kier alpha value is -3.12. The van der Waals surface area contributed by atoms with Crippen LogP contribution >= 0.6 is 11.8 Å². The Labute approximate surface area is 155 Å². The van der Waals surface area contributed by atoms with Crippen molar-refractivity contribution in [2.24, 2.45) is 0 Å². The van der Waals surface area contributed by atoms with Crippen LogP contribution in [-0.4, -0.2) is 16.8 Å². The van der Waals surface area contributed by atoms with Crippen LogP contribution in [0.2, 0.25) is 0 Å². The van der Waals surface area contributed by atoms with Gasteiger partial charge in [0.2, 0.25) is 0 Å². The standard InChI is InChI=1S/C20H17N3O2S/c1-14-11-12-18(21-13-14)23-20(25)19(24)22-16-9-5-6-10-17(16)26-15-7-3-2-4-8-15/h2-13H,1H3,(H,22,24)(H,21,23,25). The van der Waals surface area contributed by atoms with Crippen LogP contribution in [-0.2, 0) is 9.59 Å². The SMILES string of the molecule is Cc1ccc(NC(=O)C(=O)Nc2ccccc2Sc2ccccc2)nc1. The molecule has 0 spiro atoms. The molecule has 130 valence electrons. The van der Waals surface area contributed by atoms with E-state index in [4.69, 9.17) is 0 Å². The lowest BCUT2D eigenvalue weighted by Gasteiger charge is -2.10. The minimum Gasteiger partial charge on any atom is -0.317 e. The molecule has 0 saturated carbocycles. The first kappa shape index (κ1) is 17.7. The van der Waals surface area contributed by atoms with Gasteiger partial charge in [0.1, 0.15) is 5.82 Å². The zero-order valence-electron chi connectivity index (χ0n) is 14.1. The number of para-hydroxylation sites is 1. The van der Waals surface area contributed by atoms with Crippen LogP contribution in [0.5, 0.6) is 0 Å². The Morgan fingerprint density at radius 3 is 2.27 bits per heavy atom. The van der Waals surface area contributed by atoms with Gasteiger partial charge in [-0.1, -0.05) is 48.2 Å². The van der Waals surface area contributed by atoms with E-state index in [1.807, 2.05) is 61.5 Å². The molecule has 0 aliphatic carbocycles. The van der Waals surface area contributed by atoms with E-state index in [1.165, 1.54) is 11.8 Å². The van der Waals surface area contributed by atoms with Gasteiger partial charge in [-0.05, 0) is 42.8 Å². The van der Waals surface area contributed by atoms with Crippen molar-refractivity contribution in [3.8, 4) is 0 Å². The van der Waals surface area contributed by atoms with Gasteiger partial charge < -0.3 is 10.6 Å². The lowest BCUT2D eigenvalue weighted by atomic mass is 10.3. The molecule has 0 atom stereocenters. The maximum absolute atomic E-state index is 12.2. The first-order valence-corrected chi connectivity index (χ1v) is 8.80. The Kier molecular flexibility index (Phi) is 5.66. The van der Waals surface area contributed by atoms with E-state index in [9.17, 15) is 9.59 Å². The fourth-order valence-electron chi connectivity index (χ4n) is 2.17. The quantitative estimate of drug-likeness (QED) is 0.684. The summed E-state index contributed by atoms with van der Waals surface area (Å²) in [6.45, 7) is 1.90. The van der Waals surface area contributed by atoms with Gasteiger partial charge >= 0.3 is 11.8 Å². The third kappa shape index (κ3) is 4.70. The number of benzene rings is 2. The molecular formula is C20H17N3O2S. The van der Waals surface area contributed by atoms with Crippen molar-refractivity contribution in [1.82, 2.24) is 4.98 Å². The number of carbonyl (C=O) groups is 2. The number of hydrogen-bond donors (Lipinski definition) is 2. The van der Waals surface area contributed by atoms with Gasteiger partial charge in [0, 0.05) is 16.0 Å². The normalized spacial score (nSPS) is 10.2. The molecule has 0 radical (unpaired) electrons. The zero-order chi connectivity index (χ0) is 18.4. The average Bonchev–Trinajstić information content (AvgIpc) is 2.66. The fraction of sp³-hybridized carbons (Fsp3) is 0.0500. The molecule has 2 amide bonds. The summed E-state index contributed by atoms with van der Waals surface area (Å²) in [5.41, 5.74) is 1.55. The predicted octanol–water partition coefficient (Wildman–Crippen LogP) is 4.12. The van der Waals surface area contributed by atoms with Crippen molar-refractivity contribution in [2.75, 3.05) is 10.6 Å². The summed E-state index contributed by atoms with van der Waals surface area (Å²) in [6.07, 6.45) is 1.62. The Morgan fingerprint density at radius 2 is 1.54 bits per heavy atom. The number of nitrogens with one attached hydrogen (secondary N) is 2. The van der Waals surface area contributed by atoms with E-state index in [-0.39, 0.29) is 0 Å². The smallest absolute Gasteiger partial charge is 0.315 e. The maximum atomic E-state index is 12.2. The van der Waals surface area contributed by atoms with Crippen LogP contribution in [0.1, 0.15) is 5.56 Å². The van der Waals surface area contributed by atoms with Gasteiger partial charge in [0.15, 0.2) is 0 Å². The van der Waals surface area contributed by atoms with Crippen molar-refractivity contribution in [3.63, 3.8) is 0 Å². The molecule has 0 aliphatic rings. The van der Waals surface area contributed by atoms with Crippen LogP contribution in [0, 0.1) is 6.92 Å². The molecule has 2 aromatic carbocycles. The fourth-order valence-corrected chi connectivity index (χ4v) is 3.09. The number of pyridine rings is 1. The Balaban J connectivity index is 1.69. The zero-order valence-corrected chi connectivity index (χ0v) is 14.9. The van der Waals surface area contributed by atoms with Crippen LogP contribution in [0.3, 0.4) is 0 Å². The van der Waals surface area contributed by atoms with Crippen molar-refractivity contribution in [2.45, 2.75) is 16.7 Å². The van der Waals surface area contributed by atoms with E-state index in [2.05, 4.69) is 15.6 Å². The number of amides is 2. The molecule has 5 nitrogen and oxygen atoms in total. The molecule has 0 saturated heterocycles. The molecule has 26 heavy (non-hydrogen) atoms. The number of aromatic nitrogens is 1. The van der Waals surface area contributed by atoms with Crippen LogP contribution in [0.4, 0.5) is 11.5 Å². The molecule has 1 aromatic heterocycles. The van der Waals surface area contributed by atoms with E-state index in [0.717, 1.165) is 15.4 Å². The van der Waals surface area contributed by atoms with Gasteiger partial charge in [-0.2, -0.15) is 0 Å². The van der Waals surface area contributed by atoms with Crippen LogP contribution in [0.25, 0.3) is 0 Å². The van der Waals surface area contributed by atoms with Gasteiger partial charge in [0.05, 0.1) is 5.69 Å². The second-order valence-electron chi connectivity index (χ2n) is 5.54. The van der Waals surface area contributed by atoms with Gasteiger partial charge in [-0.15, -0.1) is 0 Å². The van der Waals surface area contributed by atoms with Crippen molar-refractivity contribution in [3.05, 3.63) is 78.5 Å². The molecule has 0 bridgehead atoms. The highest BCUT2D eigenvalue weighted by molar-refractivity contribution is 7.99. The topological polar surface area (TPSA) is 71.1 Å². The summed E-state index contributed by atoms with van der Waals surface area (Å²) in [7, 11) is 0. The van der Waals surface area contributed by atoms with Gasteiger partial charge in [0.25, 0.3) is 0 Å². The lowest BCUT2D eigenvalue weighted by molar-refractivity contribution is -0.133. The first-order chi connectivity index (χ1) is 12.6. The first-order valence-electron chi connectivity index (χ1n) is 7.99. The third-order valence-electron chi connectivity index (χ3n) is 3.47. The number of rotatable bonds is 4. The summed E-state index contributed by atoms with van der Waals surface area (Å²) in [5.74, 6) is -1.17. The molecule has 6 heteroatoms. The summed E-state index contributed by atoms with van der Waals surface area (Å²) < 4.78 is 0. The highest BCUT2D eigenvalue weighted by Crippen LogP contribution is 2.33. The van der Waals surface area contributed by atoms with Crippen molar-refractivity contribution < 1.29 is 9.59 Å². The molecule has 2 N–H and O–H groups in total. The molecule has 1 heterocycles. The van der Waals surface area contributed by atoms with E-state index >= 15 is 0 Å². The third-order valence-corrected chi connectivity index (χ3v) is 4.55. The second kappa shape index (κ2) is 8.31. The molecule has 0 fully saturated rings. The highest BCUT2D eigenvalue weighted by Gasteiger charge is 2.16. The van der Waals surface area contributed by atoms with Crippen molar-refractivity contribution >= 4 is 35.1 Å². The largest absolute Gasteiger partial charge is 0.317 e. The molecule has 3 aromatic rings. The monoisotopic (exact) mass is 363 g/mol. The summed E-state index contributed by atoms with van der Waals surface area (Å²) in [5, 5.41) is 5.15. The summed E-state index contributed by atoms with van der Waals surface area (Å²) in [6, 6.07) is 20.6. The minimum atomic E-state index is -0.763. The molecular weight excluding hydrogens is 346 g/mol. The molecule has 0 unspecified atom stereocenters. The lowest BCUT2D eigenvalue weighted by Crippen LogP contribution is -2.29. The summed E-state index contributed by atoms with van der Waals surface area (Å²) in [4.78, 5) is 30.3. The maximum Gasteiger partial charge on any atom is 0.315 e. The average molecular weight is 363 g/mol. The number of hydrogen-bond acceptors (Lipinski definition) is 4. The van der Waals surface area contributed by atoms with Crippen molar-refractivity contribution in [1.29, 1.82) is 0 Å². The summed E-state index contributed by atoms with van der Waals surface area (Å²) >= 11 is 1.51. The van der Waals surface area contributed by atoms with Crippen LogP contribution < -0.4 is 10.6 Å². The van der Waals surface area contributed by atoms with E-state index < -0.39 is 11.8 Å².